The van der Waals surface area contributed by atoms with Crippen molar-refractivity contribution >= 4 is 6.21 Å². The van der Waals surface area contributed by atoms with E-state index in [1.165, 1.54) is 0 Å². The van der Waals surface area contributed by atoms with E-state index in [-0.39, 0.29) is 5.54 Å². The second kappa shape index (κ2) is 3.71. The molecule has 10 heavy (non-hydrogen) atoms. The minimum absolute atomic E-state index is 0.0794. The highest BCUT2D eigenvalue weighted by atomic mass is 15.1. The van der Waals surface area contributed by atoms with Crippen molar-refractivity contribution in [2.24, 2.45) is 4.99 Å². The van der Waals surface area contributed by atoms with Gasteiger partial charge in [-0.1, -0.05) is 0 Å². The molecule has 0 fully saturated rings. The van der Waals surface area contributed by atoms with Gasteiger partial charge in [-0.2, -0.15) is 0 Å². The van der Waals surface area contributed by atoms with E-state index in [4.69, 9.17) is 0 Å². The van der Waals surface area contributed by atoms with Crippen molar-refractivity contribution in [1.29, 1.82) is 0 Å². The molecule has 0 heterocycles. The van der Waals surface area contributed by atoms with Gasteiger partial charge in [0.05, 0.1) is 5.54 Å². The van der Waals surface area contributed by atoms with Crippen molar-refractivity contribution < 1.29 is 0 Å². The minimum Gasteiger partial charge on any atom is -0.304 e. The molecular weight excluding hydrogens is 124 g/mol. The summed E-state index contributed by atoms with van der Waals surface area (Å²) in [4.78, 5) is 6.42. The summed E-state index contributed by atoms with van der Waals surface area (Å²) in [6.45, 7) is 7.22. The minimum atomic E-state index is 0.0794. The molecule has 0 aliphatic heterocycles. The molecule has 0 aromatic rings. The van der Waals surface area contributed by atoms with Crippen LogP contribution in [0.5, 0.6) is 0 Å². The van der Waals surface area contributed by atoms with Crippen molar-refractivity contribution in [3.8, 4) is 0 Å². The molecule has 2 nitrogen and oxygen atoms in total. The van der Waals surface area contributed by atoms with Gasteiger partial charge in [0.25, 0.3) is 0 Å². The van der Waals surface area contributed by atoms with E-state index in [1.54, 1.807) is 0 Å². The normalized spacial score (nSPS) is 13.4. The first-order valence-electron chi connectivity index (χ1n) is 3.60. The Balaban J connectivity index is 3.57. The van der Waals surface area contributed by atoms with Gasteiger partial charge < -0.3 is 4.90 Å². The summed E-state index contributed by atoms with van der Waals surface area (Å²) in [5.41, 5.74) is 0.0794. The van der Waals surface area contributed by atoms with Crippen LogP contribution in [0.25, 0.3) is 0 Å². The maximum atomic E-state index is 4.33. The molecule has 2 heteroatoms. The molecule has 0 saturated heterocycles. The SMILES string of the molecule is CN(C)CC=NC(C)(C)C. The molecule has 0 unspecified atom stereocenters. The van der Waals surface area contributed by atoms with Crippen molar-refractivity contribution in [3.63, 3.8) is 0 Å². The maximum absolute atomic E-state index is 4.33. The largest absolute Gasteiger partial charge is 0.304 e. The molecule has 0 rings (SSSR count). The van der Waals surface area contributed by atoms with Crippen LogP contribution in [0, 0.1) is 0 Å². The summed E-state index contributed by atoms with van der Waals surface area (Å²) >= 11 is 0. The Morgan fingerprint density at radius 3 is 2.10 bits per heavy atom. The molecule has 0 aliphatic rings. The van der Waals surface area contributed by atoms with Crippen molar-refractivity contribution in [2.45, 2.75) is 26.3 Å². The lowest BCUT2D eigenvalue weighted by atomic mass is 10.1. The molecule has 0 N–H and O–H groups in total. The van der Waals surface area contributed by atoms with Crippen LogP contribution in [0.15, 0.2) is 4.99 Å². The molecule has 0 aromatic heterocycles. The smallest absolute Gasteiger partial charge is 0.0520 e. The highest BCUT2D eigenvalue weighted by Crippen LogP contribution is 2.03. The summed E-state index contributed by atoms with van der Waals surface area (Å²) < 4.78 is 0. The van der Waals surface area contributed by atoms with E-state index in [1.807, 2.05) is 20.3 Å². The third-order valence-corrected chi connectivity index (χ3v) is 0.925. The topological polar surface area (TPSA) is 15.6 Å². The van der Waals surface area contributed by atoms with Crippen molar-refractivity contribution in [2.75, 3.05) is 20.6 Å². The van der Waals surface area contributed by atoms with Crippen LogP contribution in [-0.4, -0.2) is 37.3 Å². The molecule has 0 aromatic carbocycles. The van der Waals surface area contributed by atoms with Gasteiger partial charge in [0.1, 0.15) is 0 Å². The molecule has 0 aliphatic carbocycles. The summed E-state index contributed by atoms with van der Waals surface area (Å²) in [6.07, 6.45) is 1.96. The first-order valence-corrected chi connectivity index (χ1v) is 3.60. The van der Waals surface area contributed by atoms with Gasteiger partial charge in [0, 0.05) is 12.8 Å². The van der Waals surface area contributed by atoms with Crippen LogP contribution in [0.2, 0.25) is 0 Å². The predicted molar refractivity (Wildman–Crippen MR) is 46.8 cm³/mol. The third-order valence-electron chi connectivity index (χ3n) is 0.925. The van der Waals surface area contributed by atoms with E-state index in [0.717, 1.165) is 6.54 Å². The Morgan fingerprint density at radius 2 is 1.80 bits per heavy atom. The lowest BCUT2D eigenvalue weighted by Crippen LogP contribution is -2.17. The zero-order valence-corrected chi connectivity index (χ0v) is 7.68. The fourth-order valence-corrected chi connectivity index (χ4v) is 0.478. The van der Waals surface area contributed by atoms with Gasteiger partial charge >= 0.3 is 0 Å². The van der Waals surface area contributed by atoms with Gasteiger partial charge in [-0.05, 0) is 34.9 Å². The Morgan fingerprint density at radius 1 is 1.30 bits per heavy atom. The standard InChI is InChI=1S/C8H18N2/c1-8(2,3)9-6-7-10(4)5/h6H,7H2,1-5H3. The molecule has 0 radical (unpaired) electrons. The second-order valence-corrected chi connectivity index (χ2v) is 3.74. The number of aliphatic imine (C=N–C) groups is 1. The van der Waals surface area contributed by atoms with E-state index in [0.29, 0.717) is 0 Å². The Hall–Kier alpha value is -0.370. The van der Waals surface area contributed by atoms with Crippen LogP contribution < -0.4 is 0 Å². The summed E-state index contributed by atoms with van der Waals surface area (Å²) in [7, 11) is 4.07. The fourth-order valence-electron chi connectivity index (χ4n) is 0.478. The predicted octanol–water partition coefficient (Wildman–Crippen LogP) is 1.42. The van der Waals surface area contributed by atoms with Crippen LogP contribution in [0.4, 0.5) is 0 Å². The molecule has 0 bridgehead atoms. The molecule has 0 atom stereocenters. The van der Waals surface area contributed by atoms with Crippen LogP contribution in [0.3, 0.4) is 0 Å². The third kappa shape index (κ3) is 7.63. The first-order chi connectivity index (χ1) is 4.42. The summed E-state index contributed by atoms with van der Waals surface area (Å²) in [6, 6.07) is 0. The first kappa shape index (κ1) is 9.63. The van der Waals surface area contributed by atoms with Crippen LogP contribution >= 0.6 is 0 Å². The van der Waals surface area contributed by atoms with Gasteiger partial charge in [-0.3, -0.25) is 4.99 Å². The maximum Gasteiger partial charge on any atom is 0.0520 e. The Labute approximate surface area is 63.9 Å². The average molecular weight is 142 g/mol. The highest BCUT2D eigenvalue weighted by molar-refractivity contribution is 5.60. The van der Waals surface area contributed by atoms with Gasteiger partial charge in [-0.15, -0.1) is 0 Å². The number of hydrogen-bond donors (Lipinski definition) is 0. The number of nitrogens with zero attached hydrogens (tertiary/aromatic N) is 2. The Bertz CT molecular complexity index is 109. The summed E-state index contributed by atoms with van der Waals surface area (Å²) in [5, 5.41) is 0. The molecule has 0 amide bonds. The van der Waals surface area contributed by atoms with Crippen molar-refractivity contribution in [3.05, 3.63) is 0 Å². The Kier molecular flexibility index (Phi) is 3.58. The zero-order chi connectivity index (χ0) is 8.20. The molecule has 60 valence electrons. The van der Waals surface area contributed by atoms with Gasteiger partial charge in [-0.25, -0.2) is 0 Å². The van der Waals surface area contributed by atoms with E-state index < -0.39 is 0 Å². The zero-order valence-electron chi connectivity index (χ0n) is 7.68. The quantitative estimate of drug-likeness (QED) is 0.532. The van der Waals surface area contributed by atoms with E-state index in [9.17, 15) is 0 Å². The van der Waals surface area contributed by atoms with Crippen LogP contribution in [0.1, 0.15) is 20.8 Å². The second-order valence-electron chi connectivity index (χ2n) is 3.74. The molecule has 0 saturated carbocycles. The monoisotopic (exact) mass is 142 g/mol. The number of hydrogen-bond acceptors (Lipinski definition) is 2. The van der Waals surface area contributed by atoms with E-state index >= 15 is 0 Å². The number of rotatable bonds is 2. The lowest BCUT2D eigenvalue weighted by molar-refractivity contribution is 0.470. The molecular formula is C8H18N2. The lowest BCUT2D eigenvalue weighted by Gasteiger charge is -2.12. The average Bonchev–Trinajstić information content (AvgIpc) is 1.59. The fraction of sp³-hybridized carbons (Fsp3) is 0.875. The summed E-state index contributed by atoms with van der Waals surface area (Å²) in [5.74, 6) is 0. The van der Waals surface area contributed by atoms with Gasteiger partial charge in [0.15, 0.2) is 0 Å². The highest BCUT2D eigenvalue weighted by Gasteiger charge is 2.03. The van der Waals surface area contributed by atoms with Crippen LogP contribution in [-0.2, 0) is 0 Å². The van der Waals surface area contributed by atoms with E-state index in [2.05, 4.69) is 30.7 Å². The molecule has 0 spiro atoms. The van der Waals surface area contributed by atoms with Crippen molar-refractivity contribution in [1.82, 2.24) is 4.90 Å². The van der Waals surface area contributed by atoms with Gasteiger partial charge in [0.2, 0.25) is 0 Å².